The first-order valence-electron chi connectivity index (χ1n) is 7.86. The highest BCUT2D eigenvalue weighted by Gasteiger charge is 2.57. The maximum atomic E-state index is 12.5. The molecule has 0 spiro atoms. The van der Waals surface area contributed by atoms with Gasteiger partial charge in [0.2, 0.25) is 5.91 Å². The van der Waals surface area contributed by atoms with Crippen LogP contribution >= 0.6 is 34.9 Å². The van der Waals surface area contributed by atoms with E-state index in [9.17, 15) is 19.5 Å². The molecule has 2 unspecified atom stereocenters. The number of nitrogens with zero attached hydrogens (tertiary/aromatic N) is 3. The molecule has 27 heavy (non-hydrogen) atoms. The van der Waals surface area contributed by atoms with E-state index in [1.807, 2.05) is 6.92 Å². The van der Waals surface area contributed by atoms with Crippen molar-refractivity contribution in [2.75, 3.05) is 23.8 Å². The molecule has 2 saturated heterocycles. The summed E-state index contributed by atoms with van der Waals surface area (Å²) in [6.07, 6.45) is 0. The number of rotatable bonds is 6. The third-order valence-electron chi connectivity index (χ3n) is 4.23. The molecule has 0 saturated carbocycles. The van der Waals surface area contributed by atoms with Crippen LogP contribution in [0.4, 0.5) is 5.13 Å². The van der Waals surface area contributed by atoms with Gasteiger partial charge in [-0.15, -0.1) is 34.9 Å². The van der Waals surface area contributed by atoms with E-state index in [2.05, 4.69) is 15.5 Å². The molecule has 2 fully saturated rings. The summed E-state index contributed by atoms with van der Waals surface area (Å²) in [5, 5.41) is 25.5. The number of nitrogen functional groups attached to an aromatic ring is 1. The van der Waals surface area contributed by atoms with Crippen LogP contribution in [0, 0.1) is 0 Å². The van der Waals surface area contributed by atoms with E-state index in [1.54, 1.807) is 0 Å². The predicted molar refractivity (Wildman–Crippen MR) is 103 cm³/mol. The summed E-state index contributed by atoms with van der Waals surface area (Å²) in [6.45, 7) is 1.96. The highest BCUT2D eigenvalue weighted by atomic mass is 32.2. The number of β-lactam (4-membered cyclic amide) rings is 1. The van der Waals surface area contributed by atoms with Gasteiger partial charge in [0, 0.05) is 17.7 Å². The molecular formula is C14H17N5O5S3. The Morgan fingerprint density at radius 1 is 1.59 bits per heavy atom. The molecule has 2 amide bonds. The van der Waals surface area contributed by atoms with E-state index in [4.69, 9.17) is 10.9 Å². The number of carboxylic acids is 1. The van der Waals surface area contributed by atoms with Crippen LogP contribution in [0.1, 0.15) is 12.6 Å². The summed E-state index contributed by atoms with van der Waals surface area (Å²) >= 11 is 3.70. The maximum absolute atomic E-state index is 12.5. The number of amides is 2. The van der Waals surface area contributed by atoms with Gasteiger partial charge in [-0.3, -0.25) is 14.4 Å². The first-order valence-corrected chi connectivity index (χ1v) is 10.8. The first-order chi connectivity index (χ1) is 12.8. The molecule has 0 aliphatic carbocycles. The number of aliphatic carboxylic acids is 1. The predicted octanol–water partition coefficient (Wildman–Crippen LogP) is -0.120. The molecule has 0 bridgehead atoms. The number of fused-ring (bicyclic) bond motifs is 1. The number of carbonyl (C=O) groups is 3. The number of oxime groups is 1. The highest BCUT2D eigenvalue weighted by molar-refractivity contribution is 8.05. The minimum Gasteiger partial charge on any atom is -0.480 e. The van der Waals surface area contributed by atoms with Crippen molar-refractivity contribution in [2.45, 2.75) is 23.1 Å². The molecule has 3 atom stereocenters. The number of thioether (sulfide) groups is 2. The monoisotopic (exact) mass is 431 g/mol. The molecule has 2 aliphatic rings. The Hall–Kier alpha value is -1.99. The number of nitrogens with one attached hydrogen (secondary N) is 1. The fourth-order valence-electron chi connectivity index (χ4n) is 2.93. The van der Waals surface area contributed by atoms with Gasteiger partial charge in [-0.2, -0.15) is 0 Å². The van der Waals surface area contributed by atoms with Crippen LogP contribution in [0.15, 0.2) is 10.5 Å². The molecule has 2 aliphatic heterocycles. The highest BCUT2D eigenvalue weighted by Crippen LogP contribution is 2.43. The molecule has 3 rings (SSSR count). The first kappa shape index (κ1) is 19.8. The normalized spacial score (nSPS) is 27.7. The van der Waals surface area contributed by atoms with Crippen molar-refractivity contribution in [3.8, 4) is 0 Å². The molecule has 1 aromatic heterocycles. The number of anilines is 1. The van der Waals surface area contributed by atoms with Crippen LogP contribution in [-0.4, -0.2) is 77.9 Å². The summed E-state index contributed by atoms with van der Waals surface area (Å²) in [5.41, 5.74) is 5.29. The minimum atomic E-state index is -1.05. The molecule has 3 heterocycles. The number of carbonyl (C=O) groups excluding carboxylic acids is 2. The van der Waals surface area contributed by atoms with E-state index in [1.165, 1.54) is 33.8 Å². The van der Waals surface area contributed by atoms with Crippen LogP contribution in [0.5, 0.6) is 0 Å². The average molecular weight is 432 g/mol. The van der Waals surface area contributed by atoms with Gasteiger partial charge in [0.25, 0.3) is 5.91 Å². The van der Waals surface area contributed by atoms with Crippen LogP contribution in [0.25, 0.3) is 0 Å². The van der Waals surface area contributed by atoms with Crippen molar-refractivity contribution in [2.24, 2.45) is 5.16 Å². The Morgan fingerprint density at radius 3 is 2.89 bits per heavy atom. The van der Waals surface area contributed by atoms with Crippen molar-refractivity contribution in [1.29, 1.82) is 0 Å². The summed E-state index contributed by atoms with van der Waals surface area (Å²) in [5.74, 6) is -1.12. The second kappa shape index (κ2) is 7.56. The summed E-state index contributed by atoms with van der Waals surface area (Å²) in [6, 6.07) is -0.811. The van der Waals surface area contributed by atoms with E-state index in [0.717, 1.165) is 11.3 Å². The molecule has 1 aromatic rings. The van der Waals surface area contributed by atoms with Gasteiger partial charge in [-0.1, -0.05) is 12.1 Å². The molecular weight excluding hydrogens is 414 g/mol. The number of nitrogens with two attached hydrogens (primary N) is 1. The van der Waals surface area contributed by atoms with E-state index >= 15 is 0 Å². The van der Waals surface area contributed by atoms with Crippen molar-refractivity contribution >= 4 is 63.5 Å². The van der Waals surface area contributed by atoms with Crippen molar-refractivity contribution in [3.63, 3.8) is 0 Å². The van der Waals surface area contributed by atoms with Crippen LogP contribution in [0.2, 0.25) is 0 Å². The quantitative estimate of drug-likeness (QED) is 0.208. The SMILES string of the molecule is CCSC1(C(=O)O)CS[C@@H]2C(NC(=O)C(=NO)c3csc(N)n3)C(=O)N2C1. The lowest BCUT2D eigenvalue weighted by atomic mass is 10.0. The summed E-state index contributed by atoms with van der Waals surface area (Å²) in [7, 11) is 0. The van der Waals surface area contributed by atoms with E-state index in [-0.39, 0.29) is 34.4 Å². The fourth-order valence-corrected chi connectivity index (χ4v) is 6.31. The Kier molecular flexibility index (Phi) is 5.53. The average Bonchev–Trinajstić information content (AvgIpc) is 3.06. The van der Waals surface area contributed by atoms with Gasteiger partial charge < -0.3 is 26.3 Å². The third kappa shape index (κ3) is 3.46. The van der Waals surface area contributed by atoms with Crippen LogP contribution in [-0.2, 0) is 14.4 Å². The van der Waals surface area contributed by atoms with E-state index < -0.39 is 22.7 Å². The largest absolute Gasteiger partial charge is 0.480 e. The van der Waals surface area contributed by atoms with E-state index in [0.29, 0.717) is 11.5 Å². The van der Waals surface area contributed by atoms with Gasteiger partial charge in [-0.25, -0.2) is 4.98 Å². The zero-order valence-corrected chi connectivity index (χ0v) is 16.6. The fraction of sp³-hybridized carbons (Fsp3) is 0.500. The smallest absolute Gasteiger partial charge is 0.322 e. The van der Waals surface area contributed by atoms with Gasteiger partial charge in [0.15, 0.2) is 10.8 Å². The number of thiazole rings is 1. The second-order valence-electron chi connectivity index (χ2n) is 5.87. The zero-order valence-electron chi connectivity index (χ0n) is 14.1. The number of carboxylic acid groups (broad SMARTS) is 1. The van der Waals surface area contributed by atoms with Crippen molar-refractivity contribution in [3.05, 3.63) is 11.1 Å². The van der Waals surface area contributed by atoms with Crippen molar-refractivity contribution in [1.82, 2.24) is 15.2 Å². The third-order valence-corrected chi connectivity index (χ3v) is 7.90. The number of hydrogen-bond acceptors (Lipinski definition) is 10. The molecule has 0 radical (unpaired) electrons. The van der Waals surface area contributed by atoms with Gasteiger partial charge in [0.1, 0.15) is 21.9 Å². The topological polar surface area (TPSA) is 158 Å². The van der Waals surface area contributed by atoms with Gasteiger partial charge >= 0.3 is 5.97 Å². The number of aromatic nitrogens is 1. The van der Waals surface area contributed by atoms with Crippen molar-refractivity contribution < 1.29 is 24.7 Å². The lowest BCUT2D eigenvalue weighted by Gasteiger charge is -2.53. The van der Waals surface area contributed by atoms with Crippen LogP contribution < -0.4 is 11.1 Å². The Labute approximate surface area is 166 Å². The summed E-state index contributed by atoms with van der Waals surface area (Å²) in [4.78, 5) is 41.9. The zero-order chi connectivity index (χ0) is 19.8. The Morgan fingerprint density at radius 2 is 2.33 bits per heavy atom. The minimum absolute atomic E-state index is 0.0906. The second-order valence-corrected chi connectivity index (χ2v) is 9.51. The van der Waals surface area contributed by atoms with Gasteiger partial charge in [0.05, 0.1) is 0 Å². The summed E-state index contributed by atoms with van der Waals surface area (Å²) < 4.78 is -1.05. The molecule has 13 heteroatoms. The Balaban J connectivity index is 1.68. The molecule has 0 aromatic carbocycles. The molecule has 10 nitrogen and oxygen atoms in total. The number of hydrogen-bond donors (Lipinski definition) is 4. The lowest BCUT2D eigenvalue weighted by molar-refractivity contribution is -0.151. The standard InChI is InChI=1S/C14H17N5O5S3/c1-2-27-14(12(22)23)4-19-10(21)8(11(19)26-5-14)17-9(20)7(18-24)6-3-25-13(15)16-6/h3,8,11,24H,2,4-5H2,1H3,(H2,15,16)(H,17,20)(H,22,23)/t8?,11-,14?/m1/s1. The Bertz CT molecular complexity index is 815. The maximum Gasteiger partial charge on any atom is 0.322 e. The van der Waals surface area contributed by atoms with Gasteiger partial charge in [-0.05, 0) is 5.75 Å². The van der Waals surface area contributed by atoms with Crippen LogP contribution in [0.3, 0.4) is 0 Å². The lowest BCUT2D eigenvalue weighted by Crippen LogP contribution is -2.74. The molecule has 5 N–H and O–H groups in total. The molecule has 146 valence electrons.